The zero-order valence-electron chi connectivity index (χ0n) is 16.7. The van der Waals surface area contributed by atoms with Crippen LogP contribution in [0, 0.1) is 17.7 Å². The number of halogens is 1. The van der Waals surface area contributed by atoms with E-state index >= 15 is 0 Å². The van der Waals surface area contributed by atoms with Crippen molar-refractivity contribution >= 4 is 5.91 Å². The van der Waals surface area contributed by atoms with Crippen LogP contribution in [0.2, 0.25) is 0 Å². The van der Waals surface area contributed by atoms with E-state index in [1.165, 1.54) is 24.5 Å². The SMILES string of the molecule is O=C(NCC1(c2cccnc2)CCCC1)c1ccc(C#Cc2ccccc2F)cc1. The number of nitrogens with zero attached hydrogens (tertiary/aromatic N) is 1. The first kappa shape index (κ1) is 19.8. The molecule has 2 aromatic carbocycles. The summed E-state index contributed by atoms with van der Waals surface area (Å²) in [6.07, 6.45) is 8.15. The van der Waals surface area contributed by atoms with E-state index in [2.05, 4.69) is 28.2 Å². The van der Waals surface area contributed by atoms with E-state index in [0.29, 0.717) is 17.7 Å². The van der Waals surface area contributed by atoms with Crippen LogP contribution in [0.4, 0.5) is 4.39 Å². The summed E-state index contributed by atoms with van der Waals surface area (Å²) in [5, 5.41) is 3.11. The van der Waals surface area contributed by atoms with Crippen LogP contribution < -0.4 is 5.32 Å². The van der Waals surface area contributed by atoms with Crippen LogP contribution in [0.3, 0.4) is 0 Å². The molecule has 4 heteroatoms. The van der Waals surface area contributed by atoms with Gasteiger partial charge in [0.1, 0.15) is 5.82 Å². The van der Waals surface area contributed by atoms with Gasteiger partial charge < -0.3 is 5.32 Å². The Hall–Kier alpha value is -3.45. The van der Waals surface area contributed by atoms with Crippen molar-refractivity contribution in [3.63, 3.8) is 0 Å². The van der Waals surface area contributed by atoms with E-state index in [4.69, 9.17) is 0 Å². The van der Waals surface area contributed by atoms with Gasteiger partial charge in [-0.1, -0.05) is 42.9 Å². The maximum absolute atomic E-state index is 13.7. The van der Waals surface area contributed by atoms with E-state index in [1.54, 1.807) is 48.7 Å². The van der Waals surface area contributed by atoms with Crippen LogP contribution in [-0.2, 0) is 5.41 Å². The Morgan fingerprint density at radius 3 is 2.47 bits per heavy atom. The standard InChI is InChI=1S/C26H23FN2O/c27-24-8-2-1-6-21(24)12-9-20-10-13-22(14-11-20)25(30)29-19-26(15-3-4-16-26)23-7-5-17-28-18-23/h1-2,5-8,10-11,13-14,17-18H,3-4,15-16,19H2,(H,29,30). The minimum Gasteiger partial charge on any atom is -0.351 e. The molecule has 1 aliphatic rings. The maximum Gasteiger partial charge on any atom is 0.251 e. The first-order valence-electron chi connectivity index (χ1n) is 10.2. The molecule has 3 aromatic rings. The van der Waals surface area contributed by atoms with Crippen LogP contribution in [-0.4, -0.2) is 17.4 Å². The van der Waals surface area contributed by atoms with Gasteiger partial charge in [0, 0.05) is 35.5 Å². The van der Waals surface area contributed by atoms with Gasteiger partial charge in [-0.2, -0.15) is 0 Å². The van der Waals surface area contributed by atoms with Crippen molar-refractivity contribution in [2.24, 2.45) is 0 Å². The highest BCUT2D eigenvalue weighted by atomic mass is 19.1. The van der Waals surface area contributed by atoms with E-state index in [1.807, 2.05) is 12.3 Å². The van der Waals surface area contributed by atoms with Gasteiger partial charge in [-0.25, -0.2) is 4.39 Å². The molecule has 1 amide bonds. The molecule has 150 valence electrons. The molecule has 1 heterocycles. The Labute approximate surface area is 176 Å². The van der Waals surface area contributed by atoms with Crippen molar-refractivity contribution in [3.8, 4) is 11.8 Å². The highest BCUT2D eigenvalue weighted by Gasteiger charge is 2.36. The zero-order chi connectivity index (χ0) is 20.8. The molecule has 1 N–H and O–H groups in total. The molecule has 0 atom stereocenters. The molecule has 1 aliphatic carbocycles. The summed E-state index contributed by atoms with van der Waals surface area (Å²) in [6, 6.07) is 17.6. The third kappa shape index (κ3) is 4.41. The number of rotatable bonds is 4. The second-order valence-corrected chi connectivity index (χ2v) is 7.72. The van der Waals surface area contributed by atoms with Gasteiger partial charge in [0.25, 0.3) is 5.91 Å². The van der Waals surface area contributed by atoms with E-state index < -0.39 is 0 Å². The molecule has 0 aliphatic heterocycles. The molecular weight excluding hydrogens is 375 g/mol. The van der Waals surface area contributed by atoms with Crippen LogP contribution in [0.15, 0.2) is 73.1 Å². The van der Waals surface area contributed by atoms with Crippen molar-refractivity contribution in [1.82, 2.24) is 10.3 Å². The number of amides is 1. The van der Waals surface area contributed by atoms with Crippen LogP contribution in [0.25, 0.3) is 0 Å². The van der Waals surface area contributed by atoms with Crippen molar-refractivity contribution in [2.45, 2.75) is 31.1 Å². The average molecular weight is 398 g/mol. The van der Waals surface area contributed by atoms with Gasteiger partial charge in [-0.3, -0.25) is 9.78 Å². The molecule has 1 aromatic heterocycles. The van der Waals surface area contributed by atoms with Crippen molar-refractivity contribution in [2.75, 3.05) is 6.54 Å². The van der Waals surface area contributed by atoms with E-state index in [0.717, 1.165) is 18.4 Å². The summed E-state index contributed by atoms with van der Waals surface area (Å²) in [5.41, 5.74) is 2.84. The molecule has 4 rings (SSSR count). The Balaban J connectivity index is 1.42. The molecule has 1 fully saturated rings. The minimum absolute atomic E-state index is 0.0326. The van der Waals surface area contributed by atoms with Crippen LogP contribution in [0.5, 0.6) is 0 Å². The Kier molecular flexibility index (Phi) is 5.90. The summed E-state index contributed by atoms with van der Waals surface area (Å²) >= 11 is 0. The second kappa shape index (κ2) is 8.92. The van der Waals surface area contributed by atoms with Crippen molar-refractivity contribution in [1.29, 1.82) is 0 Å². The van der Waals surface area contributed by atoms with Gasteiger partial charge in [-0.15, -0.1) is 0 Å². The zero-order valence-corrected chi connectivity index (χ0v) is 16.7. The molecule has 0 saturated heterocycles. The lowest BCUT2D eigenvalue weighted by Crippen LogP contribution is -2.39. The van der Waals surface area contributed by atoms with Crippen molar-refractivity contribution in [3.05, 3.63) is 101 Å². The molecule has 30 heavy (non-hydrogen) atoms. The highest BCUT2D eigenvalue weighted by Crippen LogP contribution is 2.40. The van der Waals surface area contributed by atoms with E-state index in [-0.39, 0.29) is 17.1 Å². The third-order valence-electron chi connectivity index (χ3n) is 5.78. The number of benzene rings is 2. The molecule has 0 unspecified atom stereocenters. The van der Waals surface area contributed by atoms with Crippen molar-refractivity contribution < 1.29 is 9.18 Å². The van der Waals surface area contributed by atoms with Gasteiger partial charge in [0.2, 0.25) is 0 Å². The summed E-state index contributed by atoms with van der Waals surface area (Å²) in [4.78, 5) is 17.0. The fraction of sp³-hybridized carbons (Fsp3) is 0.231. The lowest BCUT2D eigenvalue weighted by molar-refractivity contribution is 0.0943. The molecule has 0 radical (unpaired) electrons. The number of carbonyl (C=O) groups is 1. The van der Waals surface area contributed by atoms with E-state index in [9.17, 15) is 9.18 Å². The molecule has 0 bridgehead atoms. The summed E-state index contributed by atoms with van der Waals surface area (Å²) in [6.45, 7) is 0.604. The number of carbonyl (C=O) groups excluding carboxylic acids is 1. The topological polar surface area (TPSA) is 42.0 Å². The number of nitrogens with one attached hydrogen (secondary N) is 1. The predicted molar refractivity (Wildman–Crippen MR) is 116 cm³/mol. The Bertz CT molecular complexity index is 1080. The molecular formula is C26H23FN2O. The smallest absolute Gasteiger partial charge is 0.251 e. The molecule has 1 saturated carbocycles. The Morgan fingerprint density at radius 1 is 1.00 bits per heavy atom. The lowest BCUT2D eigenvalue weighted by Gasteiger charge is -2.29. The Morgan fingerprint density at radius 2 is 1.77 bits per heavy atom. The fourth-order valence-electron chi connectivity index (χ4n) is 4.05. The summed E-state index contributed by atoms with van der Waals surface area (Å²) < 4.78 is 13.7. The quantitative estimate of drug-likeness (QED) is 0.638. The second-order valence-electron chi connectivity index (χ2n) is 7.72. The monoisotopic (exact) mass is 398 g/mol. The third-order valence-corrected chi connectivity index (χ3v) is 5.78. The number of pyridine rings is 1. The largest absolute Gasteiger partial charge is 0.351 e. The molecule has 3 nitrogen and oxygen atoms in total. The number of aromatic nitrogens is 1. The highest BCUT2D eigenvalue weighted by molar-refractivity contribution is 5.94. The summed E-state index contributed by atoms with van der Waals surface area (Å²) in [7, 11) is 0. The summed E-state index contributed by atoms with van der Waals surface area (Å²) in [5.74, 6) is 5.34. The lowest BCUT2D eigenvalue weighted by atomic mass is 9.79. The van der Waals surface area contributed by atoms with Gasteiger partial charge in [0.15, 0.2) is 0 Å². The average Bonchev–Trinajstić information content (AvgIpc) is 3.28. The molecule has 0 spiro atoms. The number of hydrogen-bond acceptors (Lipinski definition) is 2. The first-order valence-corrected chi connectivity index (χ1v) is 10.2. The van der Waals surface area contributed by atoms with Gasteiger partial charge in [-0.05, 0) is 60.9 Å². The van der Waals surface area contributed by atoms with Crippen LogP contribution in [0.1, 0.15) is 52.7 Å². The normalized spacial score (nSPS) is 14.6. The number of hydrogen-bond donors (Lipinski definition) is 1. The fourth-order valence-corrected chi connectivity index (χ4v) is 4.05. The first-order chi connectivity index (χ1) is 14.7. The maximum atomic E-state index is 13.7. The predicted octanol–water partition coefficient (Wildman–Crippen LogP) is 4.86. The van der Waals surface area contributed by atoms with Gasteiger partial charge in [0.05, 0.1) is 5.56 Å². The van der Waals surface area contributed by atoms with Crippen LogP contribution >= 0.6 is 0 Å². The minimum atomic E-state index is -0.338. The van der Waals surface area contributed by atoms with Gasteiger partial charge >= 0.3 is 0 Å².